The number of hydrogen-bond donors (Lipinski definition) is 2. The molecule has 0 saturated carbocycles. The van der Waals surface area contributed by atoms with Gasteiger partial charge in [0.1, 0.15) is 27.9 Å². The van der Waals surface area contributed by atoms with Gasteiger partial charge in [0.2, 0.25) is 5.88 Å². The molecule has 0 spiro atoms. The average molecular weight is 464 g/mol. The molecule has 2 N–H and O–H groups in total. The van der Waals surface area contributed by atoms with E-state index in [0.717, 1.165) is 16.8 Å². The third kappa shape index (κ3) is 4.17. The van der Waals surface area contributed by atoms with Crippen molar-refractivity contribution in [1.29, 1.82) is 5.26 Å². The van der Waals surface area contributed by atoms with Gasteiger partial charge in [0.15, 0.2) is 0 Å². The minimum Gasteiger partial charge on any atom is -0.438 e. The van der Waals surface area contributed by atoms with Crippen LogP contribution in [0.4, 0.5) is 5.69 Å². The molecule has 0 bridgehead atoms. The van der Waals surface area contributed by atoms with Crippen molar-refractivity contribution in [3.05, 3.63) is 80.8 Å². The molecule has 0 amide bonds. The molecule has 0 aliphatic rings. The van der Waals surface area contributed by atoms with Crippen LogP contribution < -0.4 is 20.7 Å². The number of rotatable bonds is 5. The standard InChI is InChI=1S/C21H16N6O5S/c1-12-8-14(32-20-13(10-22)4-3-7-23-20)5-6-17(12)26-33(30,31)15-9-16-18(24-11-15)27(2)21(29)25-19(16)28/h3-9,11,26H,1-2H3,(H,25,28,29). The van der Waals surface area contributed by atoms with Gasteiger partial charge in [0.25, 0.3) is 15.6 Å². The first-order valence-electron chi connectivity index (χ1n) is 9.45. The first-order chi connectivity index (χ1) is 15.7. The summed E-state index contributed by atoms with van der Waals surface area (Å²) in [5.74, 6) is 0.500. The Kier molecular flexibility index (Phi) is 5.40. The van der Waals surface area contributed by atoms with E-state index in [-0.39, 0.29) is 33.1 Å². The smallest absolute Gasteiger partial charge is 0.329 e. The minimum atomic E-state index is -4.10. The van der Waals surface area contributed by atoms with Crippen LogP contribution in [-0.2, 0) is 17.1 Å². The summed E-state index contributed by atoms with van der Waals surface area (Å²) < 4.78 is 35.0. The molecule has 12 heteroatoms. The number of nitrogens with zero attached hydrogens (tertiary/aromatic N) is 4. The van der Waals surface area contributed by atoms with Gasteiger partial charge in [0.05, 0.1) is 11.1 Å². The largest absolute Gasteiger partial charge is 0.438 e. The summed E-state index contributed by atoms with van der Waals surface area (Å²) >= 11 is 0. The highest BCUT2D eigenvalue weighted by Crippen LogP contribution is 2.28. The van der Waals surface area contributed by atoms with Crippen LogP contribution in [0.1, 0.15) is 11.1 Å². The summed E-state index contributed by atoms with van der Waals surface area (Å²) in [6, 6.07) is 10.9. The van der Waals surface area contributed by atoms with Crippen molar-refractivity contribution in [1.82, 2.24) is 19.5 Å². The number of pyridine rings is 2. The number of nitrogens with one attached hydrogen (secondary N) is 2. The number of nitriles is 1. The fraction of sp³-hybridized carbons (Fsp3) is 0.0952. The second-order valence-electron chi connectivity index (χ2n) is 7.01. The van der Waals surface area contributed by atoms with Gasteiger partial charge in [-0.15, -0.1) is 0 Å². The number of anilines is 1. The monoisotopic (exact) mass is 464 g/mol. The molecule has 0 saturated heterocycles. The number of sulfonamides is 1. The van der Waals surface area contributed by atoms with E-state index in [0.29, 0.717) is 11.3 Å². The van der Waals surface area contributed by atoms with E-state index in [1.54, 1.807) is 25.1 Å². The summed E-state index contributed by atoms with van der Waals surface area (Å²) in [4.78, 5) is 33.7. The Morgan fingerprint density at radius 2 is 1.97 bits per heavy atom. The molecular weight excluding hydrogens is 448 g/mol. The van der Waals surface area contributed by atoms with E-state index in [2.05, 4.69) is 19.7 Å². The van der Waals surface area contributed by atoms with Crippen LogP contribution in [-0.4, -0.2) is 27.9 Å². The van der Waals surface area contributed by atoms with Gasteiger partial charge in [-0.2, -0.15) is 5.26 Å². The van der Waals surface area contributed by atoms with Crippen LogP contribution >= 0.6 is 0 Å². The Hall–Kier alpha value is -4.50. The first-order valence-corrected chi connectivity index (χ1v) is 10.9. The number of benzene rings is 1. The fourth-order valence-electron chi connectivity index (χ4n) is 3.05. The number of aromatic nitrogens is 4. The van der Waals surface area contributed by atoms with Crippen LogP contribution in [0.3, 0.4) is 0 Å². The summed E-state index contributed by atoms with van der Waals surface area (Å²) in [6.07, 6.45) is 2.56. The highest BCUT2D eigenvalue weighted by Gasteiger charge is 2.19. The lowest BCUT2D eigenvalue weighted by molar-refractivity contribution is 0.461. The fourth-order valence-corrected chi connectivity index (χ4v) is 4.15. The van der Waals surface area contributed by atoms with Crippen molar-refractivity contribution < 1.29 is 13.2 Å². The number of hydrogen-bond acceptors (Lipinski definition) is 8. The zero-order valence-electron chi connectivity index (χ0n) is 17.4. The van der Waals surface area contributed by atoms with Gasteiger partial charge in [-0.1, -0.05) is 0 Å². The minimum absolute atomic E-state index is 0.0379. The molecule has 0 aliphatic carbocycles. The Balaban J connectivity index is 1.64. The van der Waals surface area contributed by atoms with E-state index >= 15 is 0 Å². The summed E-state index contributed by atoms with van der Waals surface area (Å²) in [5, 5.41) is 9.11. The maximum Gasteiger partial charge on any atom is 0.329 e. The van der Waals surface area contributed by atoms with Crippen molar-refractivity contribution in [3.8, 4) is 17.7 Å². The van der Waals surface area contributed by atoms with E-state index in [4.69, 9.17) is 10.00 Å². The van der Waals surface area contributed by atoms with Gasteiger partial charge in [-0.05, 0) is 48.9 Å². The molecule has 4 rings (SSSR count). The van der Waals surface area contributed by atoms with Crippen LogP contribution in [0.15, 0.2) is 63.3 Å². The lowest BCUT2D eigenvalue weighted by Crippen LogP contribution is -2.29. The molecule has 0 radical (unpaired) electrons. The molecule has 1 aromatic carbocycles. The molecule has 166 valence electrons. The SMILES string of the molecule is Cc1cc(Oc2ncccc2C#N)ccc1NS(=O)(=O)c1cnc2c(c1)c(=O)[nH]c(=O)n2C. The van der Waals surface area contributed by atoms with Crippen LogP contribution in [0, 0.1) is 18.3 Å². The highest BCUT2D eigenvalue weighted by atomic mass is 32.2. The van der Waals surface area contributed by atoms with Crippen molar-refractivity contribution >= 4 is 26.7 Å². The van der Waals surface area contributed by atoms with E-state index in [1.807, 2.05) is 6.07 Å². The lowest BCUT2D eigenvalue weighted by atomic mass is 10.2. The summed E-state index contributed by atoms with van der Waals surface area (Å²) in [7, 11) is -2.68. The van der Waals surface area contributed by atoms with Gasteiger partial charge in [-0.3, -0.25) is 19.1 Å². The summed E-state index contributed by atoms with van der Waals surface area (Å²) in [6.45, 7) is 1.67. The molecular formula is C21H16N6O5S. The predicted octanol–water partition coefficient (Wildman–Crippen LogP) is 1.79. The van der Waals surface area contributed by atoms with E-state index in [1.165, 1.54) is 25.4 Å². The third-order valence-electron chi connectivity index (χ3n) is 4.79. The zero-order valence-corrected chi connectivity index (χ0v) is 18.2. The molecule has 33 heavy (non-hydrogen) atoms. The molecule has 0 fully saturated rings. The van der Waals surface area contributed by atoms with Crippen LogP contribution in [0.25, 0.3) is 11.0 Å². The van der Waals surface area contributed by atoms with Gasteiger partial charge < -0.3 is 4.74 Å². The van der Waals surface area contributed by atoms with Crippen molar-refractivity contribution in [2.24, 2.45) is 7.05 Å². The maximum absolute atomic E-state index is 12.9. The number of H-pyrrole nitrogens is 1. The Bertz CT molecular complexity index is 1670. The Morgan fingerprint density at radius 1 is 1.18 bits per heavy atom. The van der Waals surface area contributed by atoms with Crippen LogP contribution in [0.5, 0.6) is 11.6 Å². The van der Waals surface area contributed by atoms with Gasteiger partial charge >= 0.3 is 5.69 Å². The molecule has 3 heterocycles. The van der Waals surface area contributed by atoms with Crippen LogP contribution in [0.2, 0.25) is 0 Å². The first kappa shape index (κ1) is 21.7. The third-order valence-corrected chi connectivity index (χ3v) is 6.12. The second-order valence-corrected chi connectivity index (χ2v) is 8.70. The summed E-state index contributed by atoms with van der Waals surface area (Å²) in [5.41, 5.74) is -0.249. The van der Waals surface area contributed by atoms with Crippen molar-refractivity contribution in [2.45, 2.75) is 11.8 Å². The Labute approximate surface area is 187 Å². The normalized spacial score (nSPS) is 11.2. The predicted molar refractivity (Wildman–Crippen MR) is 119 cm³/mol. The Morgan fingerprint density at radius 3 is 2.70 bits per heavy atom. The van der Waals surface area contributed by atoms with Crippen molar-refractivity contribution in [2.75, 3.05) is 4.72 Å². The second kappa shape index (κ2) is 8.21. The van der Waals surface area contributed by atoms with Gasteiger partial charge in [0, 0.05) is 19.4 Å². The van der Waals surface area contributed by atoms with Crippen molar-refractivity contribution in [3.63, 3.8) is 0 Å². The molecule has 11 nitrogen and oxygen atoms in total. The molecule has 3 aromatic heterocycles. The van der Waals surface area contributed by atoms with Gasteiger partial charge in [-0.25, -0.2) is 23.2 Å². The topological polar surface area (TPSA) is 160 Å². The highest BCUT2D eigenvalue weighted by molar-refractivity contribution is 7.92. The maximum atomic E-state index is 12.9. The van der Waals surface area contributed by atoms with E-state index < -0.39 is 21.3 Å². The zero-order chi connectivity index (χ0) is 23.8. The number of ether oxygens (including phenoxy) is 1. The molecule has 0 aliphatic heterocycles. The number of fused-ring (bicyclic) bond motifs is 1. The number of aryl methyl sites for hydroxylation is 2. The lowest BCUT2D eigenvalue weighted by Gasteiger charge is -2.13. The van der Waals surface area contributed by atoms with E-state index in [9.17, 15) is 18.0 Å². The molecule has 4 aromatic rings. The molecule has 0 unspecified atom stereocenters. The number of aromatic amines is 1. The quantitative estimate of drug-likeness (QED) is 0.452. The molecule has 0 atom stereocenters. The average Bonchev–Trinajstić information content (AvgIpc) is 2.79.